The Hall–Kier alpha value is -1.05. The number of aromatic hydroxyl groups is 1. The molecule has 2 rings (SSSR count). The van der Waals surface area contributed by atoms with E-state index >= 15 is 0 Å². The average molecular weight is 313 g/mol. The summed E-state index contributed by atoms with van der Waals surface area (Å²) in [6.07, 6.45) is -4.71. The molecule has 1 aromatic carbocycles. The van der Waals surface area contributed by atoms with E-state index in [0.29, 0.717) is 13.1 Å². The van der Waals surface area contributed by atoms with Crippen LogP contribution in [-0.2, 0) is 0 Å². The van der Waals surface area contributed by atoms with E-state index in [1.54, 1.807) is 0 Å². The molecule has 0 bridgehead atoms. The molecule has 1 saturated heterocycles. The standard InChI is InChI=1S/C12H13ClF4N2O/c13-7-1-2-8(14)9(10(7)20)11(12(15,16)17)19-5-3-18-4-6-19/h1-2,11,18,20H,3-6H2/t11-/m0/s1. The molecule has 1 heterocycles. The first-order valence-corrected chi connectivity index (χ1v) is 6.38. The fourth-order valence-corrected chi connectivity index (χ4v) is 2.48. The molecule has 2 N–H and O–H groups in total. The van der Waals surface area contributed by atoms with Gasteiger partial charge in [-0.25, -0.2) is 4.39 Å². The molecule has 0 spiro atoms. The van der Waals surface area contributed by atoms with E-state index < -0.39 is 29.3 Å². The van der Waals surface area contributed by atoms with E-state index in [1.807, 2.05) is 0 Å². The SMILES string of the molecule is Oc1c(Cl)ccc(F)c1[C@H](N1CCNCC1)C(F)(F)F. The van der Waals surface area contributed by atoms with Crippen LogP contribution in [0.2, 0.25) is 5.02 Å². The summed E-state index contributed by atoms with van der Waals surface area (Å²) in [6, 6.07) is -0.345. The molecule has 0 radical (unpaired) electrons. The van der Waals surface area contributed by atoms with Crippen molar-refractivity contribution in [1.82, 2.24) is 10.2 Å². The second-order valence-corrected chi connectivity index (χ2v) is 4.93. The molecule has 1 aliphatic heterocycles. The second-order valence-electron chi connectivity index (χ2n) is 4.52. The topological polar surface area (TPSA) is 35.5 Å². The van der Waals surface area contributed by atoms with Gasteiger partial charge in [-0.05, 0) is 12.1 Å². The van der Waals surface area contributed by atoms with Gasteiger partial charge in [0.15, 0.2) is 0 Å². The summed E-state index contributed by atoms with van der Waals surface area (Å²) in [5.41, 5.74) is -0.813. The van der Waals surface area contributed by atoms with Crippen molar-refractivity contribution in [2.75, 3.05) is 26.2 Å². The molecule has 112 valence electrons. The Kier molecular flexibility index (Phi) is 4.41. The van der Waals surface area contributed by atoms with Crippen LogP contribution >= 0.6 is 11.6 Å². The number of rotatable bonds is 2. The zero-order valence-corrected chi connectivity index (χ0v) is 11.1. The number of hydrogen-bond donors (Lipinski definition) is 2. The summed E-state index contributed by atoms with van der Waals surface area (Å²) < 4.78 is 53.7. The minimum Gasteiger partial charge on any atom is -0.506 e. The minimum atomic E-state index is -4.71. The van der Waals surface area contributed by atoms with E-state index in [2.05, 4.69) is 5.32 Å². The van der Waals surface area contributed by atoms with Gasteiger partial charge in [-0.2, -0.15) is 13.2 Å². The van der Waals surface area contributed by atoms with E-state index in [0.717, 1.165) is 17.0 Å². The highest BCUT2D eigenvalue weighted by atomic mass is 35.5. The fourth-order valence-electron chi connectivity index (χ4n) is 2.31. The lowest BCUT2D eigenvalue weighted by Crippen LogP contribution is -2.49. The van der Waals surface area contributed by atoms with Crippen LogP contribution in [0.25, 0.3) is 0 Å². The maximum absolute atomic E-state index is 13.8. The molecular weight excluding hydrogens is 300 g/mol. The van der Waals surface area contributed by atoms with Crippen LogP contribution in [-0.4, -0.2) is 42.4 Å². The Morgan fingerprint density at radius 2 is 1.85 bits per heavy atom. The maximum Gasteiger partial charge on any atom is 0.408 e. The zero-order valence-electron chi connectivity index (χ0n) is 10.3. The Morgan fingerprint density at radius 1 is 1.25 bits per heavy atom. The lowest BCUT2D eigenvalue weighted by Gasteiger charge is -2.36. The first-order chi connectivity index (χ1) is 9.32. The van der Waals surface area contributed by atoms with Crippen molar-refractivity contribution < 1.29 is 22.7 Å². The molecule has 0 aliphatic carbocycles. The average Bonchev–Trinajstić information content (AvgIpc) is 2.39. The van der Waals surface area contributed by atoms with Crippen LogP contribution in [0.1, 0.15) is 11.6 Å². The first kappa shape index (κ1) is 15.3. The van der Waals surface area contributed by atoms with Crippen LogP contribution < -0.4 is 5.32 Å². The van der Waals surface area contributed by atoms with Crippen molar-refractivity contribution in [2.45, 2.75) is 12.2 Å². The number of piperazine rings is 1. The number of nitrogens with zero attached hydrogens (tertiary/aromatic N) is 1. The molecule has 0 unspecified atom stereocenters. The van der Waals surface area contributed by atoms with E-state index in [1.165, 1.54) is 0 Å². The lowest BCUT2D eigenvalue weighted by molar-refractivity contribution is -0.189. The highest BCUT2D eigenvalue weighted by Crippen LogP contribution is 2.44. The molecule has 1 aliphatic rings. The Balaban J connectivity index is 2.49. The monoisotopic (exact) mass is 312 g/mol. The molecule has 1 atom stereocenters. The predicted octanol–water partition coefficient (Wildman–Crippen LogP) is 2.69. The number of alkyl halides is 3. The second kappa shape index (κ2) is 5.75. The normalized spacial score (nSPS) is 19.1. The molecule has 0 amide bonds. The number of hydrogen-bond acceptors (Lipinski definition) is 3. The molecular formula is C12H13ClF4N2O. The van der Waals surface area contributed by atoms with Crippen molar-refractivity contribution in [1.29, 1.82) is 0 Å². The van der Waals surface area contributed by atoms with Crippen molar-refractivity contribution >= 4 is 11.6 Å². The van der Waals surface area contributed by atoms with E-state index in [9.17, 15) is 22.7 Å². The Bertz CT molecular complexity index is 489. The van der Waals surface area contributed by atoms with Crippen LogP contribution in [0.15, 0.2) is 12.1 Å². The molecule has 3 nitrogen and oxygen atoms in total. The summed E-state index contributed by atoms with van der Waals surface area (Å²) in [4.78, 5) is 1.09. The smallest absolute Gasteiger partial charge is 0.408 e. The van der Waals surface area contributed by atoms with Crippen molar-refractivity contribution in [3.63, 3.8) is 0 Å². The third kappa shape index (κ3) is 2.99. The van der Waals surface area contributed by atoms with Gasteiger partial charge in [0, 0.05) is 26.2 Å². The molecule has 8 heteroatoms. The van der Waals surface area contributed by atoms with Gasteiger partial charge in [-0.3, -0.25) is 4.90 Å². The summed E-state index contributed by atoms with van der Waals surface area (Å²) in [6.45, 7) is 0.955. The predicted molar refractivity (Wildman–Crippen MR) is 66.3 cm³/mol. The van der Waals surface area contributed by atoms with Crippen molar-refractivity contribution in [3.8, 4) is 5.75 Å². The van der Waals surface area contributed by atoms with Gasteiger partial charge < -0.3 is 10.4 Å². The van der Waals surface area contributed by atoms with Crippen molar-refractivity contribution in [2.24, 2.45) is 0 Å². The van der Waals surface area contributed by atoms with Gasteiger partial charge in [0.25, 0.3) is 0 Å². The molecule has 0 aromatic heterocycles. The van der Waals surface area contributed by atoms with Gasteiger partial charge in [-0.1, -0.05) is 11.6 Å². The zero-order chi connectivity index (χ0) is 14.9. The van der Waals surface area contributed by atoms with Crippen LogP contribution in [0.5, 0.6) is 5.75 Å². The Labute approximate surface area is 118 Å². The number of phenols is 1. The van der Waals surface area contributed by atoms with E-state index in [-0.39, 0.29) is 18.1 Å². The van der Waals surface area contributed by atoms with Crippen LogP contribution in [0, 0.1) is 5.82 Å². The van der Waals surface area contributed by atoms with Crippen LogP contribution in [0.4, 0.5) is 17.6 Å². The van der Waals surface area contributed by atoms with Gasteiger partial charge in [0.1, 0.15) is 17.6 Å². The number of benzene rings is 1. The van der Waals surface area contributed by atoms with Gasteiger partial charge >= 0.3 is 6.18 Å². The molecule has 20 heavy (non-hydrogen) atoms. The third-order valence-electron chi connectivity index (χ3n) is 3.21. The van der Waals surface area contributed by atoms with Gasteiger partial charge in [0.05, 0.1) is 10.6 Å². The fraction of sp³-hybridized carbons (Fsp3) is 0.500. The van der Waals surface area contributed by atoms with Gasteiger partial charge in [0.2, 0.25) is 0 Å². The van der Waals surface area contributed by atoms with Crippen LogP contribution in [0.3, 0.4) is 0 Å². The highest BCUT2D eigenvalue weighted by molar-refractivity contribution is 6.32. The highest BCUT2D eigenvalue weighted by Gasteiger charge is 2.47. The molecule has 0 saturated carbocycles. The molecule has 1 aromatic rings. The van der Waals surface area contributed by atoms with E-state index in [4.69, 9.17) is 11.6 Å². The lowest BCUT2D eigenvalue weighted by atomic mass is 10.0. The molecule has 1 fully saturated rings. The van der Waals surface area contributed by atoms with Crippen molar-refractivity contribution in [3.05, 3.63) is 28.5 Å². The maximum atomic E-state index is 13.8. The largest absolute Gasteiger partial charge is 0.506 e. The number of nitrogens with one attached hydrogen (secondary N) is 1. The van der Waals surface area contributed by atoms with Gasteiger partial charge in [-0.15, -0.1) is 0 Å². The summed E-state index contributed by atoms with van der Waals surface area (Å²) in [7, 11) is 0. The third-order valence-corrected chi connectivity index (χ3v) is 3.52. The number of halogens is 5. The first-order valence-electron chi connectivity index (χ1n) is 6.00. The summed E-state index contributed by atoms with van der Waals surface area (Å²) in [5.74, 6) is -1.97. The Morgan fingerprint density at radius 3 is 2.40 bits per heavy atom. The minimum absolute atomic E-state index is 0.107. The quantitative estimate of drug-likeness (QED) is 0.824. The summed E-state index contributed by atoms with van der Waals surface area (Å²) >= 11 is 5.60. The number of phenolic OH excluding ortho intramolecular Hbond substituents is 1. The summed E-state index contributed by atoms with van der Waals surface area (Å²) in [5, 5.41) is 12.4.